The van der Waals surface area contributed by atoms with Crippen molar-refractivity contribution in [1.82, 2.24) is 0 Å². The summed E-state index contributed by atoms with van der Waals surface area (Å²) in [5, 5.41) is 8.43. The maximum Gasteiger partial charge on any atom is 0.126 e. The summed E-state index contributed by atoms with van der Waals surface area (Å²) >= 11 is 0. The van der Waals surface area contributed by atoms with Gasteiger partial charge >= 0.3 is 0 Å². The third-order valence-corrected chi connectivity index (χ3v) is 1.99. The Morgan fingerprint density at radius 3 is 2.91 bits per heavy atom. The van der Waals surface area contributed by atoms with Gasteiger partial charge in [0.25, 0.3) is 0 Å². The zero-order valence-electron chi connectivity index (χ0n) is 6.63. The average Bonchev–Trinajstić information content (AvgIpc) is 2.06. The highest BCUT2D eigenvalue weighted by molar-refractivity contribution is 4.67. The van der Waals surface area contributed by atoms with Crippen LogP contribution in [-0.4, -0.2) is 30.6 Å². The first kappa shape index (κ1) is 8.94. The van der Waals surface area contributed by atoms with Gasteiger partial charge in [0.2, 0.25) is 0 Å². The summed E-state index contributed by atoms with van der Waals surface area (Å²) in [5.41, 5.74) is 0. The van der Waals surface area contributed by atoms with Gasteiger partial charge in [-0.25, -0.2) is 4.39 Å². The normalized spacial score (nSPS) is 28.4. The first-order chi connectivity index (χ1) is 5.33. The molecule has 1 rings (SSSR count). The minimum Gasteiger partial charge on any atom is -0.393 e. The fourth-order valence-electron chi connectivity index (χ4n) is 1.35. The number of aliphatic hydroxyl groups excluding tert-OH is 1. The third kappa shape index (κ3) is 3.16. The summed E-state index contributed by atoms with van der Waals surface area (Å²) in [7, 11) is 0. The van der Waals surface area contributed by atoms with E-state index in [2.05, 4.69) is 0 Å². The van der Waals surface area contributed by atoms with Crippen LogP contribution in [0.4, 0.5) is 4.39 Å². The van der Waals surface area contributed by atoms with Crippen LogP contribution in [0.1, 0.15) is 25.7 Å². The van der Waals surface area contributed by atoms with Crippen molar-refractivity contribution in [1.29, 1.82) is 0 Å². The minimum absolute atomic E-state index is 0.0471. The Morgan fingerprint density at radius 1 is 1.55 bits per heavy atom. The van der Waals surface area contributed by atoms with E-state index in [-0.39, 0.29) is 12.7 Å². The maximum atomic E-state index is 12.6. The van der Waals surface area contributed by atoms with Gasteiger partial charge in [0.05, 0.1) is 12.7 Å². The molecule has 0 radical (unpaired) electrons. The molecule has 1 N–H and O–H groups in total. The Balaban J connectivity index is 2.13. The highest BCUT2D eigenvalue weighted by Crippen LogP contribution is 2.17. The summed E-state index contributed by atoms with van der Waals surface area (Å²) in [5.74, 6) is 0. The van der Waals surface area contributed by atoms with E-state index >= 15 is 0 Å². The number of hydrogen-bond donors (Lipinski definition) is 1. The van der Waals surface area contributed by atoms with Crippen molar-refractivity contribution in [2.75, 3.05) is 13.2 Å². The van der Waals surface area contributed by atoms with Crippen LogP contribution in [0.3, 0.4) is 0 Å². The zero-order valence-corrected chi connectivity index (χ0v) is 6.63. The summed E-state index contributed by atoms with van der Waals surface area (Å²) in [6.45, 7) is 0.378. The molecular formula is C8H15FO2. The fraction of sp³-hybridized carbons (Fsp3) is 1.00. The number of rotatable bonds is 3. The molecule has 2 nitrogen and oxygen atoms in total. The highest BCUT2D eigenvalue weighted by Gasteiger charge is 2.18. The van der Waals surface area contributed by atoms with Gasteiger partial charge in [-0.2, -0.15) is 0 Å². The Morgan fingerprint density at radius 2 is 2.36 bits per heavy atom. The van der Waals surface area contributed by atoms with E-state index in [1.807, 2.05) is 0 Å². The molecule has 2 atom stereocenters. The van der Waals surface area contributed by atoms with Crippen LogP contribution < -0.4 is 0 Å². The Hall–Kier alpha value is -0.150. The largest absolute Gasteiger partial charge is 0.393 e. The van der Waals surface area contributed by atoms with Crippen LogP contribution >= 0.6 is 0 Å². The molecule has 0 bridgehead atoms. The van der Waals surface area contributed by atoms with E-state index < -0.39 is 6.17 Å². The maximum absolute atomic E-state index is 12.6. The van der Waals surface area contributed by atoms with Crippen LogP contribution in [0.2, 0.25) is 0 Å². The highest BCUT2D eigenvalue weighted by atomic mass is 19.1. The first-order valence-electron chi connectivity index (χ1n) is 4.19. The molecule has 1 saturated heterocycles. The van der Waals surface area contributed by atoms with Crippen LogP contribution in [-0.2, 0) is 4.74 Å². The van der Waals surface area contributed by atoms with Crippen molar-refractivity contribution >= 4 is 0 Å². The minimum atomic E-state index is -1.10. The van der Waals surface area contributed by atoms with E-state index in [0.29, 0.717) is 6.42 Å². The van der Waals surface area contributed by atoms with Gasteiger partial charge < -0.3 is 9.84 Å². The Kier molecular flexibility index (Phi) is 3.80. The summed E-state index contributed by atoms with van der Waals surface area (Å²) < 4.78 is 17.9. The Bertz CT molecular complexity index is 102. The predicted molar refractivity (Wildman–Crippen MR) is 40.2 cm³/mol. The molecular weight excluding hydrogens is 147 g/mol. The molecule has 0 spiro atoms. The second-order valence-corrected chi connectivity index (χ2v) is 3.00. The number of alkyl halides is 1. The van der Waals surface area contributed by atoms with Gasteiger partial charge in [-0.15, -0.1) is 0 Å². The van der Waals surface area contributed by atoms with Gasteiger partial charge in [-0.05, 0) is 19.3 Å². The van der Waals surface area contributed by atoms with Gasteiger partial charge in [0.1, 0.15) is 6.17 Å². The molecule has 0 aromatic heterocycles. The number of hydrogen-bond acceptors (Lipinski definition) is 2. The molecule has 11 heavy (non-hydrogen) atoms. The summed E-state index contributed by atoms with van der Waals surface area (Å²) in [6, 6.07) is 0. The second-order valence-electron chi connectivity index (χ2n) is 3.00. The lowest BCUT2D eigenvalue weighted by Crippen LogP contribution is -2.24. The van der Waals surface area contributed by atoms with Crippen LogP contribution in [0.15, 0.2) is 0 Å². The lowest BCUT2D eigenvalue weighted by molar-refractivity contribution is -0.00889. The molecule has 1 aliphatic heterocycles. The van der Waals surface area contributed by atoms with Crippen molar-refractivity contribution in [2.24, 2.45) is 0 Å². The van der Waals surface area contributed by atoms with Gasteiger partial charge in [-0.3, -0.25) is 0 Å². The van der Waals surface area contributed by atoms with Crippen LogP contribution in [0.5, 0.6) is 0 Å². The summed E-state index contributed by atoms with van der Waals surface area (Å²) in [4.78, 5) is 0. The molecule has 0 unspecified atom stereocenters. The first-order valence-corrected chi connectivity index (χ1v) is 4.19. The fourth-order valence-corrected chi connectivity index (χ4v) is 1.35. The third-order valence-electron chi connectivity index (χ3n) is 1.99. The van der Waals surface area contributed by atoms with E-state index in [1.165, 1.54) is 0 Å². The van der Waals surface area contributed by atoms with E-state index in [0.717, 1.165) is 25.9 Å². The van der Waals surface area contributed by atoms with Crippen LogP contribution in [0.25, 0.3) is 0 Å². The zero-order chi connectivity index (χ0) is 8.10. The standard InChI is InChI=1S/C8H15FO2/c9-7(6-10)5-8-3-1-2-4-11-8/h7-8,10H,1-6H2/t7-,8+/m1/s1. The molecule has 66 valence electrons. The molecule has 0 saturated carbocycles. The van der Waals surface area contributed by atoms with Crippen molar-refractivity contribution < 1.29 is 14.2 Å². The smallest absolute Gasteiger partial charge is 0.126 e. The van der Waals surface area contributed by atoms with Gasteiger partial charge in [0.15, 0.2) is 0 Å². The van der Waals surface area contributed by atoms with E-state index in [4.69, 9.17) is 9.84 Å². The molecule has 0 aromatic carbocycles. The lowest BCUT2D eigenvalue weighted by atomic mass is 10.0. The molecule has 1 fully saturated rings. The predicted octanol–water partition coefficient (Wildman–Crippen LogP) is 1.28. The lowest BCUT2D eigenvalue weighted by Gasteiger charge is -2.23. The van der Waals surface area contributed by atoms with Crippen molar-refractivity contribution in [3.05, 3.63) is 0 Å². The molecule has 1 heterocycles. The molecule has 0 aromatic rings. The Labute approximate surface area is 66.4 Å². The molecule has 1 aliphatic rings. The van der Waals surface area contributed by atoms with E-state index in [9.17, 15) is 4.39 Å². The molecule has 0 amide bonds. The number of ether oxygens (including phenoxy) is 1. The van der Waals surface area contributed by atoms with Crippen molar-refractivity contribution in [3.63, 3.8) is 0 Å². The second kappa shape index (κ2) is 4.67. The monoisotopic (exact) mass is 162 g/mol. The van der Waals surface area contributed by atoms with E-state index in [1.54, 1.807) is 0 Å². The number of halogens is 1. The quantitative estimate of drug-likeness (QED) is 0.677. The average molecular weight is 162 g/mol. The summed E-state index contributed by atoms with van der Waals surface area (Å²) in [6.07, 6.45) is 2.47. The van der Waals surface area contributed by atoms with Crippen molar-refractivity contribution in [3.8, 4) is 0 Å². The number of aliphatic hydroxyl groups is 1. The topological polar surface area (TPSA) is 29.5 Å². The van der Waals surface area contributed by atoms with Gasteiger partial charge in [0, 0.05) is 13.0 Å². The SMILES string of the molecule is OC[C@H](F)C[C@@H]1CCCCO1. The van der Waals surface area contributed by atoms with Crippen LogP contribution in [0, 0.1) is 0 Å². The van der Waals surface area contributed by atoms with Gasteiger partial charge in [-0.1, -0.05) is 0 Å². The molecule has 0 aliphatic carbocycles. The molecule has 3 heteroatoms. The van der Waals surface area contributed by atoms with Crippen molar-refractivity contribution in [2.45, 2.75) is 38.0 Å².